The van der Waals surface area contributed by atoms with Gasteiger partial charge in [-0.3, -0.25) is 0 Å². The Morgan fingerprint density at radius 2 is 2.20 bits per heavy atom. The second kappa shape index (κ2) is 4.27. The van der Waals surface area contributed by atoms with Gasteiger partial charge < -0.3 is 10.5 Å². The summed E-state index contributed by atoms with van der Waals surface area (Å²) in [4.78, 5) is 4.68. The van der Waals surface area contributed by atoms with Crippen LogP contribution in [0.15, 0.2) is 29.8 Å². The number of nitrogens with two attached hydrogens (primary N) is 1. The largest absolute Gasteiger partial charge is 0.485 e. The van der Waals surface area contributed by atoms with Crippen molar-refractivity contribution < 1.29 is 9.13 Å². The highest BCUT2D eigenvalue weighted by molar-refractivity contribution is 7.10. The first-order valence-electron chi connectivity index (χ1n) is 4.32. The molecular formula is C10H9FN2OS. The van der Waals surface area contributed by atoms with Gasteiger partial charge in [0.1, 0.15) is 12.4 Å². The lowest BCUT2D eigenvalue weighted by Crippen LogP contribution is -1.98. The Kier molecular flexibility index (Phi) is 2.82. The average Bonchev–Trinajstić information content (AvgIpc) is 2.63. The summed E-state index contributed by atoms with van der Waals surface area (Å²) >= 11 is 1.39. The van der Waals surface area contributed by atoms with Crippen molar-refractivity contribution in [1.29, 1.82) is 0 Å². The predicted octanol–water partition coefficient (Wildman–Crippen LogP) is 2.44. The molecule has 0 aliphatic rings. The molecule has 2 N–H and O–H groups in total. The molecule has 1 aromatic carbocycles. The van der Waals surface area contributed by atoms with Crippen molar-refractivity contribution in [3.8, 4) is 5.75 Å². The van der Waals surface area contributed by atoms with E-state index in [1.165, 1.54) is 17.4 Å². The maximum atomic E-state index is 13.2. The minimum atomic E-state index is -0.374. The van der Waals surface area contributed by atoms with Crippen LogP contribution in [0, 0.1) is 5.82 Å². The molecule has 0 aliphatic heterocycles. The Morgan fingerprint density at radius 3 is 2.87 bits per heavy atom. The molecule has 0 saturated heterocycles. The number of nitrogen functional groups attached to an aromatic ring is 1. The molecule has 0 bridgehead atoms. The minimum absolute atomic E-state index is 0.227. The van der Waals surface area contributed by atoms with Crippen LogP contribution in [0.1, 0.15) is 4.88 Å². The SMILES string of the molecule is Nc1ncsc1COc1ccccc1F. The van der Waals surface area contributed by atoms with Crippen LogP contribution in [0.3, 0.4) is 0 Å². The van der Waals surface area contributed by atoms with Crippen LogP contribution in [0.2, 0.25) is 0 Å². The van der Waals surface area contributed by atoms with Crippen LogP contribution in [-0.4, -0.2) is 4.98 Å². The van der Waals surface area contributed by atoms with Crippen LogP contribution in [0.25, 0.3) is 0 Å². The highest BCUT2D eigenvalue weighted by Crippen LogP contribution is 2.20. The molecule has 15 heavy (non-hydrogen) atoms. The number of anilines is 1. The van der Waals surface area contributed by atoms with Crippen LogP contribution in [0.5, 0.6) is 5.75 Å². The summed E-state index contributed by atoms with van der Waals surface area (Å²) in [5.41, 5.74) is 7.20. The molecule has 0 unspecified atom stereocenters. The number of thiazole rings is 1. The third-order valence-electron chi connectivity index (χ3n) is 1.87. The molecule has 5 heteroatoms. The van der Waals surface area contributed by atoms with Gasteiger partial charge in [0.15, 0.2) is 11.6 Å². The molecule has 0 fully saturated rings. The first kappa shape index (κ1) is 9.92. The van der Waals surface area contributed by atoms with E-state index in [0.717, 1.165) is 4.88 Å². The lowest BCUT2D eigenvalue weighted by atomic mass is 10.3. The Bertz CT molecular complexity index is 458. The fourth-order valence-electron chi connectivity index (χ4n) is 1.09. The predicted molar refractivity (Wildman–Crippen MR) is 57.3 cm³/mol. The number of ether oxygens (including phenoxy) is 1. The normalized spacial score (nSPS) is 10.2. The summed E-state index contributed by atoms with van der Waals surface area (Å²) in [6.45, 7) is 0.247. The molecule has 1 aromatic heterocycles. The monoisotopic (exact) mass is 224 g/mol. The Balaban J connectivity index is 2.06. The van der Waals surface area contributed by atoms with Gasteiger partial charge in [0.25, 0.3) is 0 Å². The molecule has 2 rings (SSSR count). The molecule has 0 amide bonds. The fraction of sp³-hybridized carbons (Fsp3) is 0.100. The van der Waals surface area contributed by atoms with Gasteiger partial charge in [0.05, 0.1) is 10.4 Å². The van der Waals surface area contributed by atoms with Crippen molar-refractivity contribution in [1.82, 2.24) is 4.98 Å². The molecule has 2 aromatic rings. The summed E-state index contributed by atoms with van der Waals surface area (Å²) < 4.78 is 18.4. The number of benzene rings is 1. The van der Waals surface area contributed by atoms with Gasteiger partial charge >= 0.3 is 0 Å². The summed E-state index contributed by atoms with van der Waals surface area (Å²) in [5.74, 6) is 0.294. The van der Waals surface area contributed by atoms with Crippen LogP contribution in [0.4, 0.5) is 10.2 Å². The van der Waals surface area contributed by atoms with Crippen molar-refractivity contribution in [2.45, 2.75) is 6.61 Å². The topological polar surface area (TPSA) is 48.1 Å². The second-order valence-electron chi connectivity index (χ2n) is 2.88. The van der Waals surface area contributed by atoms with E-state index >= 15 is 0 Å². The molecule has 1 heterocycles. The van der Waals surface area contributed by atoms with E-state index in [1.807, 2.05) is 0 Å². The van der Waals surface area contributed by atoms with Gasteiger partial charge in [-0.15, -0.1) is 11.3 Å². The van der Waals surface area contributed by atoms with E-state index in [4.69, 9.17) is 10.5 Å². The summed E-state index contributed by atoms with van der Waals surface area (Å²) in [7, 11) is 0. The number of hydrogen-bond acceptors (Lipinski definition) is 4. The molecule has 0 aliphatic carbocycles. The van der Waals surface area contributed by atoms with Gasteiger partial charge in [-0.05, 0) is 12.1 Å². The molecule has 0 saturated carbocycles. The first-order valence-corrected chi connectivity index (χ1v) is 5.20. The molecular weight excluding hydrogens is 215 g/mol. The number of halogens is 1. The Labute approximate surface area is 90.3 Å². The van der Waals surface area contributed by atoms with Crippen LogP contribution >= 0.6 is 11.3 Å². The Morgan fingerprint density at radius 1 is 1.40 bits per heavy atom. The first-order chi connectivity index (χ1) is 7.27. The zero-order valence-corrected chi connectivity index (χ0v) is 8.63. The number of nitrogens with zero attached hydrogens (tertiary/aromatic N) is 1. The highest BCUT2D eigenvalue weighted by Gasteiger charge is 2.05. The van der Waals surface area contributed by atoms with Crippen molar-refractivity contribution in [3.63, 3.8) is 0 Å². The van der Waals surface area contributed by atoms with E-state index < -0.39 is 0 Å². The number of para-hydroxylation sites is 1. The van der Waals surface area contributed by atoms with Crippen molar-refractivity contribution in [2.24, 2.45) is 0 Å². The number of hydrogen-bond donors (Lipinski definition) is 1. The second-order valence-corrected chi connectivity index (χ2v) is 3.82. The molecule has 0 radical (unpaired) electrons. The molecule has 0 spiro atoms. The standard InChI is InChI=1S/C10H9FN2OS/c11-7-3-1-2-4-8(7)14-5-9-10(12)13-6-15-9/h1-4,6H,5,12H2. The molecule has 78 valence electrons. The molecule has 0 atom stereocenters. The van der Waals surface area contributed by atoms with Gasteiger partial charge in [0, 0.05) is 0 Å². The van der Waals surface area contributed by atoms with Gasteiger partial charge in [0.2, 0.25) is 0 Å². The van der Waals surface area contributed by atoms with E-state index in [-0.39, 0.29) is 18.2 Å². The lowest BCUT2D eigenvalue weighted by Gasteiger charge is -2.05. The maximum Gasteiger partial charge on any atom is 0.165 e. The fourth-order valence-corrected chi connectivity index (χ4v) is 1.69. The lowest BCUT2D eigenvalue weighted by molar-refractivity contribution is 0.294. The third-order valence-corrected chi connectivity index (χ3v) is 2.69. The van der Waals surface area contributed by atoms with E-state index in [2.05, 4.69) is 4.98 Å². The summed E-state index contributed by atoms with van der Waals surface area (Å²) in [5, 5.41) is 0. The van der Waals surface area contributed by atoms with Crippen molar-refractivity contribution in [3.05, 3.63) is 40.5 Å². The molecule has 3 nitrogen and oxygen atoms in total. The number of rotatable bonds is 3. The minimum Gasteiger partial charge on any atom is -0.485 e. The zero-order chi connectivity index (χ0) is 10.7. The van der Waals surface area contributed by atoms with Crippen molar-refractivity contribution in [2.75, 3.05) is 5.73 Å². The summed E-state index contributed by atoms with van der Waals surface area (Å²) in [6, 6.07) is 6.26. The summed E-state index contributed by atoms with van der Waals surface area (Å²) in [6.07, 6.45) is 0. The zero-order valence-electron chi connectivity index (χ0n) is 7.81. The number of aromatic nitrogens is 1. The van der Waals surface area contributed by atoms with Gasteiger partial charge in [-0.25, -0.2) is 9.37 Å². The van der Waals surface area contributed by atoms with Gasteiger partial charge in [-0.2, -0.15) is 0 Å². The Hall–Kier alpha value is -1.62. The van der Waals surface area contributed by atoms with E-state index in [0.29, 0.717) is 5.82 Å². The van der Waals surface area contributed by atoms with Crippen molar-refractivity contribution >= 4 is 17.2 Å². The highest BCUT2D eigenvalue weighted by atomic mass is 32.1. The van der Waals surface area contributed by atoms with Crippen LogP contribution in [-0.2, 0) is 6.61 Å². The van der Waals surface area contributed by atoms with E-state index in [1.54, 1.807) is 23.7 Å². The van der Waals surface area contributed by atoms with Crippen LogP contribution < -0.4 is 10.5 Å². The van der Waals surface area contributed by atoms with Gasteiger partial charge in [-0.1, -0.05) is 12.1 Å². The average molecular weight is 224 g/mol. The quantitative estimate of drug-likeness (QED) is 0.871. The maximum absolute atomic E-state index is 13.2. The smallest absolute Gasteiger partial charge is 0.165 e. The third kappa shape index (κ3) is 2.24. The van der Waals surface area contributed by atoms with E-state index in [9.17, 15) is 4.39 Å².